The highest BCUT2D eigenvalue weighted by Crippen LogP contribution is 2.05. The van der Waals surface area contributed by atoms with Crippen molar-refractivity contribution < 1.29 is 4.79 Å². The van der Waals surface area contributed by atoms with Gasteiger partial charge in [0.25, 0.3) is 0 Å². The summed E-state index contributed by atoms with van der Waals surface area (Å²) in [6, 6.07) is 0. The summed E-state index contributed by atoms with van der Waals surface area (Å²) in [4.78, 5) is 14.4. The Kier molecular flexibility index (Phi) is 3.02. The third kappa shape index (κ3) is 1.94. The second-order valence-electron chi connectivity index (χ2n) is 3.07. The zero-order chi connectivity index (χ0) is 8.97. The van der Waals surface area contributed by atoms with Gasteiger partial charge in [-0.2, -0.15) is 0 Å². The van der Waals surface area contributed by atoms with Crippen molar-refractivity contribution >= 4 is 6.29 Å². The first-order chi connectivity index (χ1) is 5.77. The van der Waals surface area contributed by atoms with Crippen LogP contribution >= 0.6 is 0 Å². The van der Waals surface area contributed by atoms with Crippen molar-refractivity contribution in [2.75, 3.05) is 0 Å². The predicted molar refractivity (Wildman–Crippen MR) is 47.1 cm³/mol. The summed E-state index contributed by atoms with van der Waals surface area (Å²) in [6.07, 6.45) is 5.42. The molecule has 1 rings (SSSR count). The van der Waals surface area contributed by atoms with Gasteiger partial charge in [-0.3, -0.25) is 4.79 Å². The average molecular weight is 166 g/mol. The molecule has 0 aliphatic rings. The molecule has 0 aromatic carbocycles. The fourth-order valence-electron chi connectivity index (χ4n) is 1.06. The lowest BCUT2D eigenvalue weighted by Crippen LogP contribution is -2.08. The average Bonchev–Trinajstić information content (AvgIpc) is 2.51. The number of carbonyl (C=O) groups is 1. The number of rotatable bonds is 4. The minimum absolute atomic E-state index is 0.523. The van der Waals surface area contributed by atoms with Crippen molar-refractivity contribution in [2.45, 2.75) is 26.8 Å². The van der Waals surface area contributed by atoms with Crippen molar-refractivity contribution in [3.05, 3.63) is 18.2 Å². The van der Waals surface area contributed by atoms with Crippen LogP contribution < -0.4 is 0 Å². The zero-order valence-electron chi connectivity index (χ0n) is 7.53. The molecule has 0 saturated carbocycles. The van der Waals surface area contributed by atoms with E-state index < -0.39 is 0 Å². The van der Waals surface area contributed by atoms with Crippen LogP contribution in [0.25, 0.3) is 0 Å². The number of carbonyl (C=O) groups excluding carboxylic acids is 1. The van der Waals surface area contributed by atoms with Crippen LogP contribution in [0.15, 0.2) is 12.4 Å². The molecule has 12 heavy (non-hydrogen) atoms. The van der Waals surface area contributed by atoms with Crippen LogP contribution in [0, 0.1) is 5.92 Å². The Morgan fingerprint density at radius 1 is 1.75 bits per heavy atom. The van der Waals surface area contributed by atoms with Crippen molar-refractivity contribution in [3.8, 4) is 0 Å². The van der Waals surface area contributed by atoms with Crippen LogP contribution in [0.2, 0.25) is 0 Å². The van der Waals surface area contributed by atoms with Gasteiger partial charge in [0.1, 0.15) is 0 Å². The van der Waals surface area contributed by atoms with Crippen LogP contribution in [0.1, 0.15) is 30.9 Å². The van der Waals surface area contributed by atoms with Gasteiger partial charge in [0.05, 0.1) is 0 Å². The first-order valence-electron chi connectivity index (χ1n) is 4.24. The Hall–Kier alpha value is -1.12. The molecule has 0 N–H and O–H groups in total. The predicted octanol–water partition coefficient (Wildman–Crippen LogP) is 1.74. The van der Waals surface area contributed by atoms with Crippen LogP contribution in [-0.2, 0) is 6.54 Å². The van der Waals surface area contributed by atoms with Gasteiger partial charge in [0, 0.05) is 18.9 Å². The summed E-state index contributed by atoms with van der Waals surface area (Å²) >= 11 is 0. The van der Waals surface area contributed by atoms with Crippen LogP contribution in [-0.4, -0.2) is 15.8 Å². The Balaban J connectivity index is 2.67. The minimum atomic E-state index is 0.523. The quantitative estimate of drug-likeness (QED) is 0.638. The van der Waals surface area contributed by atoms with Gasteiger partial charge in [0.15, 0.2) is 12.1 Å². The van der Waals surface area contributed by atoms with Crippen molar-refractivity contribution in [3.63, 3.8) is 0 Å². The summed E-state index contributed by atoms with van der Waals surface area (Å²) in [6.45, 7) is 5.18. The van der Waals surface area contributed by atoms with E-state index in [4.69, 9.17) is 0 Å². The lowest BCUT2D eigenvalue weighted by molar-refractivity contribution is 0.111. The van der Waals surface area contributed by atoms with Crippen molar-refractivity contribution in [2.24, 2.45) is 5.92 Å². The second kappa shape index (κ2) is 4.04. The highest BCUT2D eigenvalue weighted by molar-refractivity contribution is 5.69. The zero-order valence-corrected chi connectivity index (χ0v) is 7.53. The molecule has 0 aliphatic heterocycles. The number of aromatic nitrogens is 2. The lowest BCUT2D eigenvalue weighted by atomic mass is 10.1. The summed E-state index contributed by atoms with van der Waals surface area (Å²) < 4.78 is 1.89. The maximum atomic E-state index is 10.5. The van der Waals surface area contributed by atoms with E-state index in [1.54, 1.807) is 6.20 Å². The second-order valence-corrected chi connectivity index (χ2v) is 3.07. The monoisotopic (exact) mass is 166 g/mol. The molecule has 0 saturated heterocycles. The van der Waals surface area contributed by atoms with E-state index in [9.17, 15) is 4.79 Å². The molecule has 0 aliphatic carbocycles. The first kappa shape index (κ1) is 8.97. The van der Waals surface area contributed by atoms with Gasteiger partial charge < -0.3 is 4.57 Å². The number of hydrogen-bond acceptors (Lipinski definition) is 2. The van der Waals surface area contributed by atoms with E-state index in [1.165, 1.54) is 0 Å². The van der Waals surface area contributed by atoms with Crippen LogP contribution in [0.3, 0.4) is 0 Å². The van der Waals surface area contributed by atoms with Crippen molar-refractivity contribution in [1.82, 2.24) is 9.55 Å². The summed E-state index contributed by atoms with van der Waals surface area (Å²) in [5.74, 6) is 1.12. The molecular weight excluding hydrogens is 152 g/mol. The number of aldehydes is 1. The van der Waals surface area contributed by atoms with E-state index in [-0.39, 0.29) is 0 Å². The molecule has 0 bridgehead atoms. The van der Waals surface area contributed by atoms with E-state index in [0.29, 0.717) is 11.7 Å². The maximum absolute atomic E-state index is 10.5. The largest absolute Gasteiger partial charge is 0.329 e. The molecule has 3 nitrogen and oxygen atoms in total. The molecule has 0 spiro atoms. The summed E-state index contributed by atoms with van der Waals surface area (Å²) in [5, 5.41) is 0. The number of nitrogens with zero attached hydrogens (tertiary/aromatic N) is 2. The normalized spacial score (nSPS) is 12.8. The molecule has 1 aromatic heterocycles. The van der Waals surface area contributed by atoms with Crippen molar-refractivity contribution in [1.29, 1.82) is 0 Å². The van der Waals surface area contributed by atoms with Crippen LogP contribution in [0.4, 0.5) is 0 Å². The molecule has 1 aromatic rings. The summed E-state index contributed by atoms with van der Waals surface area (Å²) in [7, 11) is 0. The van der Waals surface area contributed by atoms with E-state index in [2.05, 4.69) is 18.8 Å². The van der Waals surface area contributed by atoms with Gasteiger partial charge in [-0.15, -0.1) is 0 Å². The van der Waals surface area contributed by atoms with Gasteiger partial charge in [-0.05, 0) is 5.92 Å². The SMILES string of the molecule is CCC(C)Cn1ccnc1C=O. The molecule has 0 fully saturated rings. The van der Waals surface area contributed by atoms with Gasteiger partial charge in [-0.1, -0.05) is 20.3 Å². The number of hydrogen-bond donors (Lipinski definition) is 0. The molecule has 1 unspecified atom stereocenters. The van der Waals surface area contributed by atoms with Crippen LogP contribution in [0.5, 0.6) is 0 Å². The maximum Gasteiger partial charge on any atom is 0.185 e. The fourth-order valence-corrected chi connectivity index (χ4v) is 1.06. The molecule has 3 heteroatoms. The fraction of sp³-hybridized carbons (Fsp3) is 0.556. The molecule has 0 radical (unpaired) electrons. The Bertz CT molecular complexity index is 255. The van der Waals surface area contributed by atoms with E-state index >= 15 is 0 Å². The van der Waals surface area contributed by atoms with E-state index in [1.807, 2.05) is 10.8 Å². The third-order valence-electron chi connectivity index (χ3n) is 2.06. The molecular formula is C9H14N2O. The Labute approximate surface area is 72.4 Å². The van der Waals surface area contributed by atoms with Gasteiger partial charge >= 0.3 is 0 Å². The van der Waals surface area contributed by atoms with Gasteiger partial charge in [-0.25, -0.2) is 4.98 Å². The topological polar surface area (TPSA) is 34.9 Å². The van der Waals surface area contributed by atoms with E-state index in [0.717, 1.165) is 19.3 Å². The first-order valence-corrected chi connectivity index (χ1v) is 4.24. The standard InChI is InChI=1S/C9H14N2O/c1-3-8(2)6-11-5-4-10-9(11)7-12/h4-5,7-8H,3,6H2,1-2H3. The third-order valence-corrected chi connectivity index (χ3v) is 2.06. The van der Waals surface area contributed by atoms with Gasteiger partial charge in [0.2, 0.25) is 0 Å². The molecule has 1 heterocycles. The molecule has 0 amide bonds. The Morgan fingerprint density at radius 3 is 3.08 bits per heavy atom. The Morgan fingerprint density at radius 2 is 2.50 bits per heavy atom. The molecule has 66 valence electrons. The molecule has 1 atom stereocenters. The smallest absolute Gasteiger partial charge is 0.185 e. The summed E-state index contributed by atoms with van der Waals surface area (Å²) in [5.41, 5.74) is 0. The minimum Gasteiger partial charge on any atom is -0.329 e. The lowest BCUT2D eigenvalue weighted by Gasteiger charge is -2.09. The highest BCUT2D eigenvalue weighted by atomic mass is 16.1. The number of imidazole rings is 1. The highest BCUT2D eigenvalue weighted by Gasteiger charge is 2.04.